The summed E-state index contributed by atoms with van der Waals surface area (Å²) in [4.78, 5) is 0.154. The first-order valence-electron chi connectivity index (χ1n) is 6.44. The fourth-order valence-corrected chi connectivity index (χ4v) is 4.73. The molecule has 0 spiro atoms. The second-order valence-electron chi connectivity index (χ2n) is 4.71. The molecule has 1 unspecified atom stereocenters. The smallest absolute Gasteiger partial charge is 0.244 e. The first-order chi connectivity index (χ1) is 9.07. The van der Waals surface area contributed by atoms with Crippen molar-refractivity contribution in [2.45, 2.75) is 36.6 Å². The summed E-state index contributed by atoms with van der Waals surface area (Å²) in [6.45, 7) is 0.497. The Morgan fingerprint density at radius 3 is 2.74 bits per heavy atom. The molecule has 1 saturated heterocycles. The van der Waals surface area contributed by atoms with E-state index in [1.54, 1.807) is 18.2 Å². The van der Waals surface area contributed by atoms with Gasteiger partial charge in [0.05, 0.1) is 5.02 Å². The summed E-state index contributed by atoms with van der Waals surface area (Å²) < 4.78 is 26.8. The van der Waals surface area contributed by atoms with Crippen LogP contribution in [0.5, 0.6) is 0 Å². The topological polar surface area (TPSA) is 57.6 Å². The van der Waals surface area contributed by atoms with Crippen molar-refractivity contribution in [1.29, 1.82) is 0 Å². The summed E-state index contributed by atoms with van der Waals surface area (Å²) in [6, 6.07) is 6.37. The van der Waals surface area contributed by atoms with E-state index >= 15 is 0 Å². The van der Waals surface area contributed by atoms with Gasteiger partial charge < -0.3 is 5.11 Å². The lowest BCUT2D eigenvalue weighted by Crippen LogP contribution is -2.44. The van der Waals surface area contributed by atoms with Crippen LogP contribution in [-0.4, -0.2) is 37.0 Å². The zero-order valence-corrected chi connectivity index (χ0v) is 12.2. The molecule has 0 radical (unpaired) electrons. The standard InChI is InChI=1S/C13H18ClNO3S/c14-12-6-1-2-7-13(12)19(17,18)15-9-4-3-5-11(15)8-10-16/h1-2,6-7,11,16H,3-5,8-10H2. The number of nitrogens with zero attached hydrogens (tertiary/aromatic N) is 1. The first kappa shape index (κ1) is 14.8. The summed E-state index contributed by atoms with van der Waals surface area (Å²) in [5, 5.41) is 9.33. The van der Waals surface area contributed by atoms with Crippen molar-refractivity contribution in [1.82, 2.24) is 4.31 Å². The number of aliphatic hydroxyl groups is 1. The van der Waals surface area contributed by atoms with Gasteiger partial charge in [0.2, 0.25) is 10.0 Å². The number of piperidine rings is 1. The lowest BCUT2D eigenvalue weighted by Gasteiger charge is -2.34. The number of hydrogen-bond donors (Lipinski definition) is 1. The van der Waals surface area contributed by atoms with Crippen LogP contribution in [0, 0.1) is 0 Å². The normalized spacial score (nSPS) is 21.5. The summed E-state index contributed by atoms with van der Waals surface area (Å²) in [5.41, 5.74) is 0. The summed E-state index contributed by atoms with van der Waals surface area (Å²) >= 11 is 6.00. The molecular weight excluding hydrogens is 286 g/mol. The maximum absolute atomic E-state index is 12.7. The zero-order chi connectivity index (χ0) is 13.9. The Morgan fingerprint density at radius 2 is 2.05 bits per heavy atom. The van der Waals surface area contributed by atoms with Crippen LogP contribution in [0.4, 0.5) is 0 Å². The van der Waals surface area contributed by atoms with Gasteiger partial charge in [-0.15, -0.1) is 0 Å². The number of benzene rings is 1. The molecule has 0 saturated carbocycles. The molecule has 1 aliphatic rings. The number of rotatable bonds is 4. The van der Waals surface area contributed by atoms with Crippen LogP contribution in [-0.2, 0) is 10.0 Å². The number of aliphatic hydroxyl groups excluding tert-OH is 1. The second-order valence-corrected chi connectivity index (χ2v) is 6.97. The molecule has 1 N–H and O–H groups in total. The quantitative estimate of drug-likeness (QED) is 0.928. The Morgan fingerprint density at radius 1 is 1.32 bits per heavy atom. The predicted octanol–water partition coefficient (Wildman–Crippen LogP) is 2.27. The predicted molar refractivity (Wildman–Crippen MR) is 74.7 cm³/mol. The molecule has 2 rings (SSSR count). The Bertz CT molecular complexity index is 530. The van der Waals surface area contributed by atoms with E-state index in [0.29, 0.717) is 13.0 Å². The van der Waals surface area contributed by atoms with Crippen molar-refractivity contribution in [2.75, 3.05) is 13.2 Å². The van der Waals surface area contributed by atoms with E-state index in [4.69, 9.17) is 16.7 Å². The van der Waals surface area contributed by atoms with Crippen LogP contribution in [0.25, 0.3) is 0 Å². The van der Waals surface area contributed by atoms with Gasteiger partial charge in [0, 0.05) is 19.2 Å². The Kier molecular flexibility index (Phi) is 4.84. The Labute approximate surface area is 119 Å². The molecular formula is C13H18ClNO3S. The van der Waals surface area contributed by atoms with Crippen LogP contribution >= 0.6 is 11.6 Å². The van der Waals surface area contributed by atoms with Crippen molar-refractivity contribution in [3.8, 4) is 0 Å². The summed E-state index contributed by atoms with van der Waals surface area (Å²) in [6.07, 6.45) is 3.12. The molecule has 1 heterocycles. The minimum Gasteiger partial charge on any atom is -0.396 e. The van der Waals surface area contributed by atoms with Gasteiger partial charge in [-0.3, -0.25) is 0 Å². The van der Waals surface area contributed by atoms with Gasteiger partial charge in [-0.1, -0.05) is 30.2 Å². The van der Waals surface area contributed by atoms with E-state index in [9.17, 15) is 8.42 Å². The Balaban J connectivity index is 2.35. The van der Waals surface area contributed by atoms with Gasteiger partial charge in [0.25, 0.3) is 0 Å². The van der Waals surface area contributed by atoms with E-state index in [2.05, 4.69) is 0 Å². The van der Waals surface area contributed by atoms with Gasteiger partial charge in [0.15, 0.2) is 0 Å². The van der Waals surface area contributed by atoms with Gasteiger partial charge in [-0.2, -0.15) is 4.31 Å². The third-order valence-electron chi connectivity index (χ3n) is 3.46. The minimum absolute atomic E-state index is 0.000785. The van der Waals surface area contributed by atoms with Gasteiger partial charge in [0.1, 0.15) is 4.90 Å². The molecule has 19 heavy (non-hydrogen) atoms. The van der Waals surface area contributed by atoms with E-state index in [0.717, 1.165) is 19.3 Å². The first-order valence-corrected chi connectivity index (χ1v) is 8.26. The number of hydrogen-bond acceptors (Lipinski definition) is 3. The molecule has 1 atom stereocenters. The van der Waals surface area contributed by atoms with E-state index < -0.39 is 10.0 Å². The summed E-state index contributed by atoms with van der Waals surface area (Å²) in [7, 11) is -3.57. The van der Waals surface area contributed by atoms with Gasteiger partial charge in [-0.25, -0.2) is 8.42 Å². The molecule has 1 fully saturated rings. The molecule has 0 bridgehead atoms. The van der Waals surface area contributed by atoms with Crippen molar-refractivity contribution in [3.63, 3.8) is 0 Å². The maximum Gasteiger partial charge on any atom is 0.244 e. The molecule has 0 aliphatic carbocycles. The average molecular weight is 304 g/mol. The highest BCUT2D eigenvalue weighted by molar-refractivity contribution is 7.89. The van der Waals surface area contributed by atoms with Crippen molar-refractivity contribution < 1.29 is 13.5 Å². The lowest BCUT2D eigenvalue weighted by atomic mass is 10.0. The number of halogens is 1. The highest BCUT2D eigenvalue weighted by Crippen LogP contribution is 2.30. The van der Waals surface area contributed by atoms with E-state index in [-0.39, 0.29) is 22.6 Å². The van der Waals surface area contributed by atoms with Crippen molar-refractivity contribution in [2.24, 2.45) is 0 Å². The van der Waals surface area contributed by atoms with Crippen molar-refractivity contribution >= 4 is 21.6 Å². The highest BCUT2D eigenvalue weighted by atomic mass is 35.5. The van der Waals surface area contributed by atoms with Crippen LogP contribution in [0.15, 0.2) is 29.2 Å². The molecule has 4 nitrogen and oxygen atoms in total. The van der Waals surface area contributed by atoms with E-state index in [1.165, 1.54) is 10.4 Å². The molecule has 1 aromatic carbocycles. The molecule has 1 aliphatic heterocycles. The van der Waals surface area contributed by atoms with Crippen LogP contribution in [0.2, 0.25) is 5.02 Å². The lowest BCUT2D eigenvalue weighted by molar-refractivity contribution is 0.192. The molecule has 0 aromatic heterocycles. The highest BCUT2D eigenvalue weighted by Gasteiger charge is 2.34. The second kappa shape index (κ2) is 6.22. The van der Waals surface area contributed by atoms with Crippen molar-refractivity contribution in [3.05, 3.63) is 29.3 Å². The van der Waals surface area contributed by atoms with Crippen LogP contribution < -0.4 is 0 Å². The molecule has 1 aromatic rings. The van der Waals surface area contributed by atoms with Gasteiger partial charge >= 0.3 is 0 Å². The average Bonchev–Trinajstić information content (AvgIpc) is 2.40. The minimum atomic E-state index is -3.57. The van der Waals surface area contributed by atoms with E-state index in [1.807, 2.05) is 0 Å². The molecule has 6 heteroatoms. The monoisotopic (exact) mass is 303 g/mol. The molecule has 0 amide bonds. The third kappa shape index (κ3) is 3.11. The largest absolute Gasteiger partial charge is 0.396 e. The number of sulfonamides is 1. The van der Waals surface area contributed by atoms with Crippen LogP contribution in [0.3, 0.4) is 0 Å². The fraction of sp³-hybridized carbons (Fsp3) is 0.538. The SMILES string of the molecule is O=S(=O)(c1ccccc1Cl)N1CCCCC1CCO. The zero-order valence-electron chi connectivity index (χ0n) is 10.6. The van der Waals surface area contributed by atoms with Gasteiger partial charge in [-0.05, 0) is 31.4 Å². The fourth-order valence-electron chi connectivity index (χ4n) is 2.51. The molecule has 106 valence electrons. The summed E-state index contributed by atoms with van der Waals surface area (Å²) in [5.74, 6) is 0. The van der Waals surface area contributed by atoms with Crippen LogP contribution in [0.1, 0.15) is 25.7 Å². The Hall–Kier alpha value is -0.620. The third-order valence-corrected chi connectivity index (χ3v) is 5.91. The maximum atomic E-state index is 12.7.